The third kappa shape index (κ3) is 2.88. The number of nitrogens with zero attached hydrogens (tertiary/aromatic N) is 2. The van der Waals surface area contributed by atoms with Gasteiger partial charge in [-0.3, -0.25) is 0 Å². The highest BCUT2D eigenvalue weighted by molar-refractivity contribution is 5.69. The van der Waals surface area contributed by atoms with Gasteiger partial charge in [-0.15, -0.1) is 0 Å². The van der Waals surface area contributed by atoms with Crippen LogP contribution in [-0.4, -0.2) is 54.2 Å². The predicted octanol–water partition coefficient (Wildman–Crippen LogP) is 2.20. The second-order valence-corrected chi connectivity index (χ2v) is 8.10. The zero-order chi connectivity index (χ0) is 13.8. The molecular formula is C15H26N2O2. The molecule has 0 spiro atoms. The molecule has 4 heteroatoms. The van der Waals surface area contributed by atoms with Gasteiger partial charge in [0.1, 0.15) is 5.60 Å². The molecule has 2 saturated heterocycles. The summed E-state index contributed by atoms with van der Waals surface area (Å²) in [6.07, 6.45) is 1.30. The van der Waals surface area contributed by atoms with Crippen LogP contribution in [0.4, 0.5) is 4.79 Å². The maximum atomic E-state index is 11.9. The summed E-state index contributed by atoms with van der Waals surface area (Å²) in [5.74, 6) is 1.98. The molecule has 1 amide bonds. The van der Waals surface area contributed by atoms with Gasteiger partial charge in [-0.1, -0.05) is 6.92 Å². The van der Waals surface area contributed by atoms with Crippen LogP contribution in [0.2, 0.25) is 0 Å². The lowest BCUT2D eigenvalue weighted by atomic mass is 9.81. The Bertz CT molecular complexity index is 372. The summed E-state index contributed by atoms with van der Waals surface area (Å²) in [5.41, 5.74) is -0.118. The van der Waals surface area contributed by atoms with Gasteiger partial charge in [0.2, 0.25) is 0 Å². The van der Waals surface area contributed by atoms with E-state index < -0.39 is 0 Å². The van der Waals surface area contributed by atoms with Gasteiger partial charge in [-0.25, -0.2) is 4.79 Å². The van der Waals surface area contributed by atoms with E-state index in [1.807, 2.05) is 25.7 Å². The lowest BCUT2D eigenvalue weighted by Crippen LogP contribution is -2.61. The number of ether oxygens (including phenoxy) is 1. The smallest absolute Gasteiger partial charge is 0.410 e. The molecule has 3 aliphatic rings. The normalized spacial score (nSPS) is 32.7. The Labute approximate surface area is 116 Å². The molecule has 3 fully saturated rings. The van der Waals surface area contributed by atoms with Crippen molar-refractivity contribution in [1.29, 1.82) is 0 Å². The Morgan fingerprint density at radius 3 is 2.37 bits per heavy atom. The number of hydrogen-bond acceptors (Lipinski definition) is 3. The van der Waals surface area contributed by atoms with E-state index in [1.54, 1.807) is 0 Å². The number of piperidine rings is 1. The zero-order valence-electron chi connectivity index (χ0n) is 12.6. The van der Waals surface area contributed by atoms with Crippen molar-refractivity contribution in [3.8, 4) is 0 Å². The van der Waals surface area contributed by atoms with Crippen molar-refractivity contribution in [2.75, 3.05) is 32.7 Å². The SMILES string of the molecule is CC1(CN2CC3CC3C2)CN(C(=O)OC(C)(C)C)C1. The van der Waals surface area contributed by atoms with E-state index in [0.29, 0.717) is 0 Å². The molecule has 0 bridgehead atoms. The monoisotopic (exact) mass is 266 g/mol. The van der Waals surface area contributed by atoms with Crippen molar-refractivity contribution in [3.63, 3.8) is 0 Å². The Kier molecular flexibility index (Phi) is 2.86. The van der Waals surface area contributed by atoms with E-state index in [2.05, 4.69) is 11.8 Å². The van der Waals surface area contributed by atoms with Gasteiger partial charge in [-0.2, -0.15) is 0 Å². The van der Waals surface area contributed by atoms with Gasteiger partial charge in [0.25, 0.3) is 0 Å². The topological polar surface area (TPSA) is 32.8 Å². The summed E-state index contributed by atoms with van der Waals surface area (Å²) in [7, 11) is 0. The summed E-state index contributed by atoms with van der Waals surface area (Å²) in [5, 5.41) is 0. The third-order valence-corrected chi connectivity index (χ3v) is 4.46. The molecule has 0 N–H and O–H groups in total. The summed E-state index contributed by atoms with van der Waals surface area (Å²) in [6, 6.07) is 0. The third-order valence-electron chi connectivity index (χ3n) is 4.46. The van der Waals surface area contributed by atoms with Crippen molar-refractivity contribution in [1.82, 2.24) is 9.80 Å². The van der Waals surface area contributed by atoms with Crippen LogP contribution in [-0.2, 0) is 4.74 Å². The lowest BCUT2D eigenvalue weighted by Gasteiger charge is -2.49. The minimum atomic E-state index is -0.390. The summed E-state index contributed by atoms with van der Waals surface area (Å²) >= 11 is 0. The van der Waals surface area contributed by atoms with Crippen LogP contribution < -0.4 is 0 Å². The zero-order valence-corrected chi connectivity index (χ0v) is 12.6. The lowest BCUT2D eigenvalue weighted by molar-refractivity contribution is -0.0381. The fourth-order valence-electron chi connectivity index (χ4n) is 3.60. The highest BCUT2D eigenvalue weighted by Gasteiger charge is 2.49. The average Bonchev–Trinajstić information content (AvgIpc) is 2.80. The fraction of sp³-hybridized carbons (Fsp3) is 0.933. The summed E-state index contributed by atoms with van der Waals surface area (Å²) in [6.45, 7) is 13.4. The van der Waals surface area contributed by atoms with Crippen molar-refractivity contribution < 1.29 is 9.53 Å². The van der Waals surface area contributed by atoms with Gasteiger partial charge < -0.3 is 14.5 Å². The number of carbonyl (C=O) groups excluding carboxylic acids is 1. The first-order chi connectivity index (χ1) is 8.74. The molecular weight excluding hydrogens is 240 g/mol. The van der Waals surface area contributed by atoms with Crippen LogP contribution >= 0.6 is 0 Å². The molecule has 2 heterocycles. The Hall–Kier alpha value is -0.770. The minimum Gasteiger partial charge on any atom is -0.444 e. The molecule has 3 rings (SSSR count). The van der Waals surface area contributed by atoms with Gasteiger partial charge in [-0.05, 0) is 39.0 Å². The average molecular weight is 266 g/mol. The maximum absolute atomic E-state index is 11.9. The van der Waals surface area contributed by atoms with Crippen LogP contribution in [0.5, 0.6) is 0 Å². The van der Waals surface area contributed by atoms with Crippen LogP contribution in [0.15, 0.2) is 0 Å². The predicted molar refractivity (Wildman–Crippen MR) is 74.0 cm³/mol. The Morgan fingerprint density at radius 2 is 1.84 bits per heavy atom. The van der Waals surface area contributed by atoms with E-state index in [4.69, 9.17) is 4.74 Å². The summed E-state index contributed by atoms with van der Waals surface area (Å²) in [4.78, 5) is 16.3. The quantitative estimate of drug-likeness (QED) is 0.768. The maximum Gasteiger partial charge on any atom is 0.410 e. The first-order valence-electron chi connectivity index (χ1n) is 7.44. The largest absolute Gasteiger partial charge is 0.444 e. The summed E-state index contributed by atoms with van der Waals surface area (Å²) < 4.78 is 5.40. The molecule has 0 aromatic rings. The molecule has 19 heavy (non-hydrogen) atoms. The standard InChI is InChI=1S/C15H26N2O2/c1-14(2,3)19-13(18)17-9-15(4,10-17)8-16-6-11-5-12(11)7-16/h11-12H,5-10H2,1-4H3. The Balaban J connectivity index is 1.44. The van der Waals surface area contributed by atoms with Gasteiger partial charge in [0.15, 0.2) is 0 Å². The van der Waals surface area contributed by atoms with Crippen molar-refractivity contribution >= 4 is 6.09 Å². The number of fused-ring (bicyclic) bond motifs is 1. The minimum absolute atomic E-state index is 0.158. The van der Waals surface area contributed by atoms with Crippen LogP contribution in [0.1, 0.15) is 34.1 Å². The van der Waals surface area contributed by atoms with Crippen molar-refractivity contribution in [2.24, 2.45) is 17.3 Å². The van der Waals surface area contributed by atoms with Crippen LogP contribution in [0.25, 0.3) is 0 Å². The highest BCUT2D eigenvalue weighted by Crippen LogP contribution is 2.46. The molecule has 2 unspecified atom stereocenters. The molecule has 4 nitrogen and oxygen atoms in total. The van der Waals surface area contributed by atoms with Gasteiger partial charge in [0, 0.05) is 38.1 Å². The van der Waals surface area contributed by atoms with E-state index in [9.17, 15) is 4.79 Å². The second kappa shape index (κ2) is 4.11. The van der Waals surface area contributed by atoms with E-state index in [-0.39, 0.29) is 17.1 Å². The molecule has 2 aliphatic heterocycles. The first-order valence-corrected chi connectivity index (χ1v) is 7.44. The highest BCUT2D eigenvalue weighted by atomic mass is 16.6. The Morgan fingerprint density at radius 1 is 1.26 bits per heavy atom. The van der Waals surface area contributed by atoms with Gasteiger partial charge in [0.05, 0.1) is 0 Å². The molecule has 0 aromatic heterocycles. The number of hydrogen-bond donors (Lipinski definition) is 0. The first kappa shape index (κ1) is 13.2. The van der Waals surface area contributed by atoms with E-state index in [0.717, 1.165) is 31.5 Å². The van der Waals surface area contributed by atoms with E-state index >= 15 is 0 Å². The molecule has 1 aliphatic carbocycles. The molecule has 108 valence electrons. The van der Waals surface area contributed by atoms with Crippen molar-refractivity contribution in [3.05, 3.63) is 0 Å². The number of carbonyl (C=O) groups is 1. The number of amides is 1. The number of likely N-dealkylation sites (tertiary alicyclic amines) is 2. The molecule has 2 atom stereocenters. The molecule has 0 aromatic carbocycles. The molecule has 0 radical (unpaired) electrons. The van der Waals surface area contributed by atoms with Crippen LogP contribution in [0.3, 0.4) is 0 Å². The molecule has 1 saturated carbocycles. The van der Waals surface area contributed by atoms with Crippen LogP contribution in [0, 0.1) is 17.3 Å². The second-order valence-electron chi connectivity index (χ2n) is 8.10. The van der Waals surface area contributed by atoms with Gasteiger partial charge >= 0.3 is 6.09 Å². The fourth-order valence-corrected chi connectivity index (χ4v) is 3.60. The van der Waals surface area contributed by atoms with E-state index in [1.165, 1.54) is 19.5 Å². The van der Waals surface area contributed by atoms with Crippen molar-refractivity contribution in [2.45, 2.75) is 39.7 Å². The number of rotatable bonds is 2.